The van der Waals surface area contributed by atoms with Crippen LogP contribution in [0.25, 0.3) is 17.0 Å². The van der Waals surface area contributed by atoms with Gasteiger partial charge < -0.3 is 23.7 Å². The number of phenolic OH excluding ortho intramolecular Hbond substituents is 1. The number of allylic oxidation sites excluding steroid dienone is 1. The molecular formula is C25H27NO6. The van der Waals surface area contributed by atoms with Crippen molar-refractivity contribution in [1.82, 2.24) is 4.90 Å². The number of hydrogen-bond donors (Lipinski definition) is 1. The predicted octanol–water partition coefficient (Wildman–Crippen LogP) is 4.53. The summed E-state index contributed by atoms with van der Waals surface area (Å²) in [5.74, 6) is 0.942. The molecule has 0 atom stereocenters. The van der Waals surface area contributed by atoms with E-state index in [0.29, 0.717) is 34.8 Å². The van der Waals surface area contributed by atoms with Gasteiger partial charge >= 0.3 is 0 Å². The van der Waals surface area contributed by atoms with Crippen molar-refractivity contribution in [2.45, 2.75) is 12.8 Å². The van der Waals surface area contributed by atoms with Gasteiger partial charge in [-0.15, -0.1) is 0 Å². The maximum Gasteiger partial charge on any atom is 0.205 e. The minimum atomic E-state index is -0.285. The van der Waals surface area contributed by atoms with Gasteiger partial charge in [0.05, 0.1) is 25.9 Å². The second-order valence-electron chi connectivity index (χ2n) is 7.62. The van der Waals surface area contributed by atoms with E-state index in [9.17, 15) is 9.90 Å². The van der Waals surface area contributed by atoms with Gasteiger partial charge in [-0.2, -0.15) is 0 Å². The van der Waals surface area contributed by atoms with E-state index < -0.39 is 0 Å². The first kappa shape index (κ1) is 21.8. The molecule has 0 bridgehead atoms. The molecule has 1 aliphatic rings. The van der Waals surface area contributed by atoms with Crippen LogP contribution >= 0.6 is 0 Å². The van der Waals surface area contributed by atoms with Gasteiger partial charge in [0.15, 0.2) is 17.1 Å². The number of carbonyl (C=O) groups excluding carboxylic acids is 1. The summed E-state index contributed by atoms with van der Waals surface area (Å²) in [6.07, 6.45) is 7.07. The summed E-state index contributed by atoms with van der Waals surface area (Å²) in [5, 5.41) is 10.1. The number of rotatable bonds is 9. The molecule has 3 aromatic rings. The van der Waals surface area contributed by atoms with Gasteiger partial charge in [-0.25, -0.2) is 0 Å². The van der Waals surface area contributed by atoms with Crippen LogP contribution in [0.15, 0.2) is 47.1 Å². The molecule has 2 aromatic carbocycles. The van der Waals surface area contributed by atoms with Gasteiger partial charge in [0.1, 0.15) is 23.7 Å². The van der Waals surface area contributed by atoms with Crippen LogP contribution in [0.5, 0.6) is 23.0 Å². The molecule has 2 heterocycles. The molecule has 1 saturated heterocycles. The summed E-state index contributed by atoms with van der Waals surface area (Å²) in [5.41, 5.74) is 1.54. The summed E-state index contributed by atoms with van der Waals surface area (Å²) in [6.45, 7) is 3.29. The summed E-state index contributed by atoms with van der Waals surface area (Å²) < 4.78 is 23.0. The normalized spacial score (nSPS) is 14.3. The van der Waals surface area contributed by atoms with Crippen molar-refractivity contribution >= 4 is 22.8 Å². The Hall–Kier alpha value is -3.45. The highest BCUT2D eigenvalue weighted by atomic mass is 16.5. The molecule has 1 fully saturated rings. The smallest absolute Gasteiger partial charge is 0.205 e. The maximum absolute atomic E-state index is 13.3. The number of phenols is 1. The number of carbonyl (C=O) groups is 1. The van der Waals surface area contributed by atoms with Crippen molar-refractivity contribution in [2.24, 2.45) is 0 Å². The van der Waals surface area contributed by atoms with Crippen molar-refractivity contribution in [1.29, 1.82) is 0 Å². The van der Waals surface area contributed by atoms with Crippen molar-refractivity contribution < 1.29 is 28.5 Å². The number of ketones is 1. The van der Waals surface area contributed by atoms with Gasteiger partial charge in [-0.1, -0.05) is 18.2 Å². The minimum absolute atomic E-state index is 0.166. The van der Waals surface area contributed by atoms with Crippen LogP contribution in [-0.4, -0.2) is 56.3 Å². The van der Waals surface area contributed by atoms with Gasteiger partial charge in [0.2, 0.25) is 5.75 Å². The summed E-state index contributed by atoms with van der Waals surface area (Å²) >= 11 is 0. The first-order valence-corrected chi connectivity index (χ1v) is 10.6. The maximum atomic E-state index is 13.3. The second kappa shape index (κ2) is 9.78. The third-order valence-corrected chi connectivity index (χ3v) is 5.60. The Morgan fingerprint density at radius 2 is 1.78 bits per heavy atom. The van der Waals surface area contributed by atoms with Crippen molar-refractivity contribution in [3.63, 3.8) is 0 Å². The number of benzene rings is 2. The molecule has 7 nitrogen and oxygen atoms in total. The van der Waals surface area contributed by atoms with Gasteiger partial charge in [-0.05, 0) is 55.8 Å². The number of aromatic hydroxyl groups is 1. The van der Waals surface area contributed by atoms with Gasteiger partial charge in [0, 0.05) is 6.54 Å². The van der Waals surface area contributed by atoms with E-state index in [0.717, 1.165) is 25.2 Å². The van der Waals surface area contributed by atoms with Crippen LogP contribution in [0.4, 0.5) is 0 Å². The van der Waals surface area contributed by atoms with Crippen LogP contribution in [0.2, 0.25) is 0 Å². The zero-order chi connectivity index (χ0) is 22.5. The number of fused-ring (bicyclic) bond motifs is 1. The Bertz CT molecular complexity index is 1110. The molecule has 0 spiro atoms. The molecule has 32 heavy (non-hydrogen) atoms. The predicted molar refractivity (Wildman–Crippen MR) is 122 cm³/mol. The zero-order valence-electron chi connectivity index (χ0n) is 18.3. The van der Waals surface area contributed by atoms with Crippen molar-refractivity contribution in [3.8, 4) is 23.0 Å². The number of likely N-dealkylation sites (tertiary alicyclic amines) is 1. The monoisotopic (exact) mass is 437 g/mol. The van der Waals surface area contributed by atoms with Crippen LogP contribution in [0, 0.1) is 0 Å². The molecule has 168 valence electrons. The largest absolute Gasteiger partial charge is 0.508 e. The van der Waals surface area contributed by atoms with E-state index in [1.165, 1.54) is 39.4 Å². The molecule has 0 aliphatic carbocycles. The first-order chi connectivity index (χ1) is 15.6. The first-order valence-electron chi connectivity index (χ1n) is 10.6. The van der Waals surface area contributed by atoms with E-state index in [4.69, 9.17) is 18.6 Å². The van der Waals surface area contributed by atoms with E-state index in [1.54, 1.807) is 36.4 Å². The average Bonchev–Trinajstić information content (AvgIpc) is 3.50. The molecule has 7 heteroatoms. The van der Waals surface area contributed by atoms with E-state index in [1.807, 2.05) is 0 Å². The number of hydrogen-bond acceptors (Lipinski definition) is 7. The molecule has 1 aliphatic heterocycles. The van der Waals surface area contributed by atoms with E-state index in [2.05, 4.69) is 4.90 Å². The average molecular weight is 437 g/mol. The molecule has 0 unspecified atom stereocenters. The lowest BCUT2D eigenvalue weighted by Gasteiger charge is -2.19. The summed E-state index contributed by atoms with van der Waals surface area (Å²) in [6, 6.07) is 8.33. The fourth-order valence-corrected chi connectivity index (χ4v) is 4.00. The summed E-state index contributed by atoms with van der Waals surface area (Å²) in [7, 11) is 3.04. The zero-order valence-corrected chi connectivity index (χ0v) is 18.3. The van der Waals surface area contributed by atoms with Gasteiger partial charge in [-0.3, -0.25) is 9.69 Å². The molecule has 0 radical (unpaired) electrons. The number of ether oxygens (including phenoxy) is 3. The Kier molecular flexibility index (Phi) is 6.66. The Balaban J connectivity index is 1.71. The highest BCUT2D eigenvalue weighted by molar-refractivity contribution is 6.15. The molecule has 4 rings (SSSR count). The molecule has 0 saturated carbocycles. The minimum Gasteiger partial charge on any atom is -0.508 e. The van der Waals surface area contributed by atoms with Crippen molar-refractivity contribution in [3.05, 3.63) is 53.8 Å². The van der Waals surface area contributed by atoms with Crippen LogP contribution in [0.1, 0.15) is 28.8 Å². The molecular weight excluding hydrogens is 410 g/mol. The Labute approximate surface area is 186 Å². The number of furan rings is 1. The van der Waals surface area contributed by atoms with E-state index in [-0.39, 0.29) is 17.1 Å². The van der Waals surface area contributed by atoms with E-state index >= 15 is 0 Å². The van der Waals surface area contributed by atoms with Crippen LogP contribution in [-0.2, 0) is 0 Å². The third kappa shape index (κ3) is 4.43. The lowest BCUT2D eigenvalue weighted by molar-refractivity contribution is 0.103. The highest BCUT2D eigenvalue weighted by Crippen LogP contribution is 2.46. The fraction of sp³-hybridized carbons (Fsp3) is 0.320. The topological polar surface area (TPSA) is 81.4 Å². The molecule has 1 N–H and O–H groups in total. The quantitative estimate of drug-likeness (QED) is 0.389. The van der Waals surface area contributed by atoms with Gasteiger partial charge in [0.25, 0.3) is 0 Å². The molecule has 1 aromatic heterocycles. The highest BCUT2D eigenvalue weighted by Gasteiger charge is 2.28. The van der Waals surface area contributed by atoms with Crippen LogP contribution < -0.4 is 14.2 Å². The standard InChI is InChI=1S/C25H27NO6/c1-29-22-19-11-15-31-23(19)25(30-2)24(32-16-14-26-12-3-4-13-26)21(22)20(28)10-7-17-5-8-18(27)9-6-17/h5-11,15,27H,3-4,12-14,16H2,1-2H3. The molecule has 0 amide bonds. The Morgan fingerprint density at radius 1 is 1.06 bits per heavy atom. The lowest BCUT2D eigenvalue weighted by Crippen LogP contribution is -2.25. The fourth-order valence-electron chi connectivity index (χ4n) is 4.00. The SMILES string of the molecule is COc1c(C(=O)C=Cc2ccc(O)cc2)c(OCCN2CCCC2)c(OC)c2occc12. The second-order valence-corrected chi connectivity index (χ2v) is 7.62. The number of methoxy groups -OCH3 is 2. The number of nitrogens with zero attached hydrogens (tertiary/aromatic N) is 1. The van der Waals surface area contributed by atoms with Crippen LogP contribution in [0.3, 0.4) is 0 Å². The lowest BCUT2D eigenvalue weighted by atomic mass is 10.0. The summed E-state index contributed by atoms with van der Waals surface area (Å²) in [4.78, 5) is 15.7. The van der Waals surface area contributed by atoms with Crippen molar-refractivity contribution in [2.75, 3.05) is 40.5 Å². The Morgan fingerprint density at radius 3 is 2.47 bits per heavy atom. The third-order valence-electron chi connectivity index (χ3n) is 5.60.